The molecule has 0 bridgehead atoms. The van der Waals surface area contributed by atoms with Crippen LogP contribution >= 0.6 is 0 Å². The Labute approximate surface area is 156 Å². The number of carbonyl (C=O) groups excluding carboxylic acids is 2. The van der Waals surface area contributed by atoms with Crippen molar-refractivity contribution in [3.63, 3.8) is 0 Å². The van der Waals surface area contributed by atoms with E-state index < -0.39 is 29.2 Å². The topological polar surface area (TPSA) is 86.0 Å². The van der Waals surface area contributed by atoms with Gasteiger partial charge in [-0.2, -0.15) is 18.3 Å². The molecule has 0 N–H and O–H groups in total. The third kappa shape index (κ3) is 2.62. The third-order valence-corrected chi connectivity index (χ3v) is 4.65. The summed E-state index contributed by atoms with van der Waals surface area (Å²) in [6.45, 7) is -0.479. The maximum atomic E-state index is 13.0. The van der Waals surface area contributed by atoms with Gasteiger partial charge in [0, 0.05) is 18.0 Å². The first-order valence-electron chi connectivity index (χ1n) is 8.08. The molecule has 0 fully saturated rings. The zero-order valence-electron chi connectivity index (χ0n) is 14.4. The Kier molecular flexibility index (Phi) is 3.91. The number of alkyl halides is 3. The van der Waals surface area contributed by atoms with E-state index in [2.05, 4.69) is 10.1 Å². The van der Waals surface area contributed by atoms with Crippen molar-refractivity contribution >= 4 is 17.7 Å². The van der Waals surface area contributed by atoms with Crippen LogP contribution in [0.2, 0.25) is 0 Å². The van der Waals surface area contributed by atoms with E-state index in [4.69, 9.17) is 9.47 Å². The van der Waals surface area contributed by atoms with Gasteiger partial charge < -0.3 is 9.47 Å². The summed E-state index contributed by atoms with van der Waals surface area (Å²) in [7, 11) is 1.18. The number of hydrazone groups is 1. The molecular weight excluding hydrogens is 381 g/mol. The van der Waals surface area contributed by atoms with E-state index in [1.165, 1.54) is 36.5 Å². The molecule has 2 aliphatic rings. The van der Waals surface area contributed by atoms with E-state index >= 15 is 0 Å². The first-order chi connectivity index (χ1) is 13.3. The normalized spacial score (nSPS) is 20.7. The molecule has 146 valence electrons. The van der Waals surface area contributed by atoms with Gasteiger partial charge in [-0.1, -0.05) is 0 Å². The average Bonchev–Trinajstić information content (AvgIpc) is 3.34. The quantitative estimate of drug-likeness (QED) is 0.692. The van der Waals surface area contributed by atoms with Crippen LogP contribution in [0, 0.1) is 5.41 Å². The SMILES string of the molecule is COC(=O)C12COc3cc(C(F)(F)F)ccc3C1=NN(C(=O)n1ccnc1)C2. The largest absolute Gasteiger partial charge is 0.491 e. The van der Waals surface area contributed by atoms with Crippen molar-refractivity contribution in [3.8, 4) is 5.75 Å². The van der Waals surface area contributed by atoms with Gasteiger partial charge in [-0.05, 0) is 18.2 Å². The number of carbonyl (C=O) groups is 2. The molecule has 1 amide bonds. The Bertz CT molecular complexity index is 987. The van der Waals surface area contributed by atoms with Gasteiger partial charge in [0.2, 0.25) is 0 Å². The minimum absolute atomic E-state index is 0.0648. The Morgan fingerprint density at radius 2 is 2.11 bits per heavy atom. The number of halogens is 3. The van der Waals surface area contributed by atoms with Gasteiger partial charge in [-0.25, -0.2) is 14.8 Å². The molecule has 0 saturated heterocycles. The molecule has 4 rings (SSSR count). The van der Waals surface area contributed by atoms with Gasteiger partial charge in [-0.15, -0.1) is 0 Å². The monoisotopic (exact) mass is 394 g/mol. The van der Waals surface area contributed by atoms with Crippen LogP contribution in [0.4, 0.5) is 18.0 Å². The zero-order valence-corrected chi connectivity index (χ0v) is 14.4. The summed E-state index contributed by atoms with van der Waals surface area (Å²) in [5.74, 6) is -0.761. The van der Waals surface area contributed by atoms with Gasteiger partial charge in [0.15, 0.2) is 5.41 Å². The maximum Gasteiger partial charge on any atom is 0.416 e. The van der Waals surface area contributed by atoms with Crippen LogP contribution in [0.15, 0.2) is 42.0 Å². The lowest BCUT2D eigenvalue weighted by Gasteiger charge is -2.32. The molecule has 1 atom stereocenters. The number of fused-ring (bicyclic) bond motifs is 3. The second-order valence-electron chi connectivity index (χ2n) is 6.33. The number of nitrogens with zero attached hydrogens (tertiary/aromatic N) is 4. The third-order valence-electron chi connectivity index (χ3n) is 4.65. The van der Waals surface area contributed by atoms with Crippen molar-refractivity contribution in [2.24, 2.45) is 10.5 Å². The van der Waals surface area contributed by atoms with Crippen LogP contribution in [0.5, 0.6) is 5.75 Å². The molecule has 2 aliphatic heterocycles. The lowest BCUT2D eigenvalue weighted by Crippen LogP contribution is -2.50. The molecule has 28 heavy (non-hydrogen) atoms. The molecule has 0 saturated carbocycles. The maximum absolute atomic E-state index is 13.0. The summed E-state index contributed by atoms with van der Waals surface area (Å²) in [4.78, 5) is 28.9. The zero-order chi connectivity index (χ0) is 20.1. The van der Waals surface area contributed by atoms with Gasteiger partial charge in [0.05, 0.1) is 24.9 Å². The van der Waals surface area contributed by atoms with Crippen LogP contribution in [-0.4, -0.2) is 52.5 Å². The summed E-state index contributed by atoms with van der Waals surface area (Å²) < 4.78 is 50.5. The lowest BCUT2D eigenvalue weighted by atomic mass is 9.78. The Morgan fingerprint density at radius 3 is 2.75 bits per heavy atom. The smallest absolute Gasteiger partial charge is 0.416 e. The van der Waals surface area contributed by atoms with Crippen molar-refractivity contribution in [2.75, 3.05) is 20.3 Å². The Hall–Kier alpha value is -3.37. The fraction of sp³-hybridized carbons (Fsp3) is 0.294. The van der Waals surface area contributed by atoms with Gasteiger partial charge in [-0.3, -0.25) is 9.36 Å². The van der Waals surface area contributed by atoms with E-state index in [-0.39, 0.29) is 30.2 Å². The molecule has 1 aromatic heterocycles. The number of aromatic nitrogens is 2. The molecule has 2 aromatic rings. The Balaban J connectivity index is 1.80. The number of ether oxygens (including phenoxy) is 2. The van der Waals surface area contributed by atoms with E-state index in [9.17, 15) is 22.8 Å². The second-order valence-corrected chi connectivity index (χ2v) is 6.33. The van der Waals surface area contributed by atoms with Crippen LogP contribution in [0.3, 0.4) is 0 Å². The molecular formula is C17H13F3N4O4. The summed E-state index contributed by atoms with van der Waals surface area (Å²) in [5.41, 5.74) is -1.99. The molecule has 11 heteroatoms. The van der Waals surface area contributed by atoms with Crippen LogP contribution in [-0.2, 0) is 15.7 Å². The van der Waals surface area contributed by atoms with E-state index in [0.717, 1.165) is 17.1 Å². The standard InChI is InChI=1S/C17H13F3N4O4/c1-27-14(25)16-7-24(15(26)23-5-4-21-9-23)22-13(16)11-3-2-10(17(18,19)20)6-12(11)28-8-16/h2-6,9H,7-8H2,1H3. The molecule has 0 radical (unpaired) electrons. The lowest BCUT2D eigenvalue weighted by molar-refractivity contribution is -0.150. The average molecular weight is 394 g/mol. The second kappa shape index (κ2) is 6.08. The van der Waals surface area contributed by atoms with E-state index in [0.29, 0.717) is 0 Å². The summed E-state index contributed by atoms with van der Waals surface area (Å²) in [5, 5.41) is 5.28. The molecule has 1 unspecified atom stereocenters. The molecule has 0 aliphatic carbocycles. The predicted octanol–water partition coefficient (Wildman–Crippen LogP) is 2.14. The van der Waals surface area contributed by atoms with Gasteiger partial charge in [0.1, 0.15) is 18.7 Å². The summed E-state index contributed by atoms with van der Waals surface area (Å²) >= 11 is 0. The number of imidazole rings is 1. The molecule has 8 nitrogen and oxygen atoms in total. The van der Waals surface area contributed by atoms with Crippen LogP contribution < -0.4 is 4.74 Å². The summed E-state index contributed by atoms with van der Waals surface area (Å²) in [6, 6.07) is 2.33. The fourth-order valence-corrected chi connectivity index (χ4v) is 3.25. The van der Waals surface area contributed by atoms with Crippen LogP contribution in [0.25, 0.3) is 0 Å². The highest BCUT2D eigenvalue weighted by atomic mass is 19.4. The van der Waals surface area contributed by atoms with Gasteiger partial charge in [0.25, 0.3) is 0 Å². The number of hydrogen-bond donors (Lipinski definition) is 0. The summed E-state index contributed by atoms with van der Waals surface area (Å²) in [6.07, 6.45) is -0.456. The fourth-order valence-electron chi connectivity index (χ4n) is 3.25. The van der Waals surface area contributed by atoms with Crippen molar-refractivity contribution in [1.29, 1.82) is 0 Å². The number of amides is 1. The van der Waals surface area contributed by atoms with Crippen LogP contribution in [0.1, 0.15) is 11.1 Å². The first kappa shape index (κ1) is 18.0. The molecule has 3 heterocycles. The first-order valence-corrected chi connectivity index (χ1v) is 8.08. The predicted molar refractivity (Wildman–Crippen MR) is 87.7 cm³/mol. The van der Waals surface area contributed by atoms with Crippen molar-refractivity contribution in [1.82, 2.24) is 14.6 Å². The number of esters is 1. The minimum Gasteiger partial charge on any atom is -0.491 e. The molecule has 1 aromatic carbocycles. The minimum atomic E-state index is -4.55. The van der Waals surface area contributed by atoms with E-state index in [1.54, 1.807) is 0 Å². The highest BCUT2D eigenvalue weighted by Crippen LogP contribution is 2.43. The van der Waals surface area contributed by atoms with Crippen molar-refractivity contribution in [3.05, 3.63) is 48.0 Å². The van der Waals surface area contributed by atoms with Crippen molar-refractivity contribution < 1.29 is 32.2 Å². The number of rotatable bonds is 1. The number of methoxy groups -OCH3 is 1. The number of hydrogen-bond acceptors (Lipinski definition) is 6. The van der Waals surface area contributed by atoms with E-state index in [1.807, 2.05) is 0 Å². The Morgan fingerprint density at radius 1 is 1.32 bits per heavy atom. The van der Waals surface area contributed by atoms with Crippen molar-refractivity contribution in [2.45, 2.75) is 6.18 Å². The molecule has 0 spiro atoms. The number of benzene rings is 1. The van der Waals surface area contributed by atoms with Gasteiger partial charge >= 0.3 is 18.2 Å². The highest BCUT2D eigenvalue weighted by molar-refractivity contribution is 6.19. The highest BCUT2D eigenvalue weighted by Gasteiger charge is 2.56.